The summed E-state index contributed by atoms with van der Waals surface area (Å²) < 4.78 is 0. The fraction of sp³-hybridized carbons (Fsp3) is 0.231. The lowest BCUT2D eigenvalue weighted by Crippen LogP contribution is -2.22. The van der Waals surface area contributed by atoms with Gasteiger partial charge in [-0.3, -0.25) is 4.79 Å². The first-order chi connectivity index (χ1) is 9.45. The van der Waals surface area contributed by atoms with Crippen LogP contribution in [-0.4, -0.2) is 16.1 Å². The van der Waals surface area contributed by atoms with E-state index in [-0.39, 0.29) is 11.2 Å². The molecule has 0 aliphatic heterocycles. The molecule has 1 unspecified atom stereocenters. The van der Waals surface area contributed by atoms with Crippen LogP contribution in [0, 0.1) is 6.92 Å². The van der Waals surface area contributed by atoms with Crippen LogP contribution in [0.25, 0.3) is 0 Å². The van der Waals surface area contributed by atoms with Crippen molar-refractivity contribution in [3.05, 3.63) is 39.3 Å². The van der Waals surface area contributed by atoms with Gasteiger partial charge in [-0.2, -0.15) is 0 Å². The zero-order valence-corrected chi connectivity index (χ0v) is 14.0. The Bertz CT molecular complexity index is 631. The second-order valence-corrected chi connectivity index (χ2v) is 7.56. The second-order valence-electron chi connectivity index (χ2n) is 4.10. The topological polar surface area (TPSA) is 42.0 Å². The van der Waals surface area contributed by atoms with Crippen LogP contribution in [0.15, 0.2) is 29.3 Å². The van der Waals surface area contributed by atoms with Gasteiger partial charge in [0.05, 0.1) is 10.3 Å². The van der Waals surface area contributed by atoms with Gasteiger partial charge in [-0.1, -0.05) is 23.2 Å². The average molecular weight is 347 g/mol. The SMILES string of the molecule is Cc1cnc(NC(=O)C(C)Sc2cc(Cl)ccc2Cl)s1. The van der Waals surface area contributed by atoms with Crippen molar-refractivity contribution >= 4 is 57.3 Å². The first-order valence-corrected chi connectivity index (χ1v) is 8.26. The molecule has 1 heterocycles. The minimum absolute atomic E-state index is 0.111. The first kappa shape index (κ1) is 15.6. The van der Waals surface area contributed by atoms with Crippen molar-refractivity contribution in [3.63, 3.8) is 0 Å². The minimum atomic E-state index is -0.296. The number of aromatic nitrogens is 1. The van der Waals surface area contributed by atoms with Crippen LogP contribution in [0.1, 0.15) is 11.8 Å². The standard InChI is InChI=1S/C13H12Cl2N2OS2/c1-7-6-16-13(19-7)17-12(18)8(2)20-11-5-9(14)3-4-10(11)15/h3-6,8H,1-2H3,(H,16,17,18). The number of rotatable bonds is 4. The zero-order valence-electron chi connectivity index (χ0n) is 10.8. The van der Waals surface area contributed by atoms with Gasteiger partial charge in [0.2, 0.25) is 5.91 Å². The normalized spacial score (nSPS) is 12.2. The van der Waals surface area contributed by atoms with E-state index in [0.717, 1.165) is 9.77 Å². The third kappa shape index (κ3) is 4.12. The number of hydrogen-bond donors (Lipinski definition) is 1. The quantitative estimate of drug-likeness (QED) is 0.802. The van der Waals surface area contributed by atoms with Crippen molar-refractivity contribution in [1.82, 2.24) is 4.98 Å². The molecule has 0 radical (unpaired) electrons. The van der Waals surface area contributed by atoms with E-state index in [2.05, 4.69) is 10.3 Å². The first-order valence-electron chi connectivity index (χ1n) is 5.80. The van der Waals surface area contributed by atoms with Crippen LogP contribution in [0.5, 0.6) is 0 Å². The summed E-state index contributed by atoms with van der Waals surface area (Å²) in [6.07, 6.45) is 1.73. The molecule has 0 saturated heterocycles. The van der Waals surface area contributed by atoms with Gasteiger partial charge in [-0.05, 0) is 32.0 Å². The van der Waals surface area contributed by atoms with Crippen LogP contribution >= 0.6 is 46.3 Å². The molecule has 3 nitrogen and oxygen atoms in total. The molecular formula is C13H12Cl2N2OS2. The average Bonchev–Trinajstić information content (AvgIpc) is 2.79. The zero-order chi connectivity index (χ0) is 14.7. The van der Waals surface area contributed by atoms with E-state index in [1.54, 1.807) is 24.4 Å². The molecule has 0 aliphatic carbocycles. The molecule has 7 heteroatoms. The number of amides is 1. The van der Waals surface area contributed by atoms with Gasteiger partial charge in [-0.25, -0.2) is 4.98 Å². The Labute approximate surface area is 135 Å². The summed E-state index contributed by atoms with van der Waals surface area (Å²) in [5, 5.41) is 4.29. The molecule has 0 bridgehead atoms. The lowest BCUT2D eigenvalue weighted by atomic mass is 10.4. The van der Waals surface area contributed by atoms with Gasteiger partial charge in [0, 0.05) is 21.0 Å². The summed E-state index contributed by atoms with van der Waals surface area (Å²) in [6.45, 7) is 3.76. The van der Waals surface area contributed by atoms with Crippen LogP contribution in [-0.2, 0) is 4.79 Å². The molecule has 1 aromatic heterocycles. The molecule has 106 valence electrons. The monoisotopic (exact) mass is 346 g/mol. The predicted octanol–water partition coefficient (Wildman–Crippen LogP) is 4.88. The van der Waals surface area contributed by atoms with Crippen LogP contribution in [0.4, 0.5) is 5.13 Å². The second kappa shape index (κ2) is 6.80. The highest BCUT2D eigenvalue weighted by atomic mass is 35.5. The highest BCUT2D eigenvalue weighted by Crippen LogP contribution is 2.33. The maximum absolute atomic E-state index is 12.1. The van der Waals surface area contributed by atoms with Crippen molar-refractivity contribution in [3.8, 4) is 0 Å². The summed E-state index contributed by atoms with van der Waals surface area (Å²) in [6, 6.07) is 5.20. The number of thioether (sulfide) groups is 1. The Kier molecular flexibility index (Phi) is 5.32. The number of nitrogens with zero attached hydrogens (tertiary/aromatic N) is 1. The van der Waals surface area contributed by atoms with Gasteiger partial charge in [-0.15, -0.1) is 23.1 Å². The third-order valence-electron chi connectivity index (χ3n) is 2.42. The maximum Gasteiger partial charge on any atom is 0.239 e. The Hall–Kier alpha value is -0.750. The molecular weight excluding hydrogens is 335 g/mol. The molecule has 2 aromatic rings. The molecule has 0 fully saturated rings. The van der Waals surface area contributed by atoms with E-state index in [0.29, 0.717) is 15.2 Å². The van der Waals surface area contributed by atoms with Gasteiger partial charge in [0.25, 0.3) is 0 Å². The summed E-state index contributed by atoms with van der Waals surface area (Å²) in [7, 11) is 0. The highest BCUT2D eigenvalue weighted by Gasteiger charge is 2.17. The molecule has 2 rings (SSSR count). The van der Waals surface area contributed by atoms with Crippen molar-refractivity contribution in [2.75, 3.05) is 5.32 Å². The maximum atomic E-state index is 12.1. The van der Waals surface area contributed by atoms with E-state index in [1.807, 2.05) is 13.8 Å². The molecule has 1 aromatic carbocycles. The molecule has 1 amide bonds. The minimum Gasteiger partial charge on any atom is -0.301 e. The fourth-order valence-corrected chi connectivity index (χ4v) is 3.51. The number of benzene rings is 1. The van der Waals surface area contributed by atoms with Crippen molar-refractivity contribution in [2.24, 2.45) is 0 Å². The molecule has 1 atom stereocenters. The van der Waals surface area contributed by atoms with Crippen molar-refractivity contribution in [1.29, 1.82) is 0 Å². The molecule has 0 spiro atoms. The Morgan fingerprint density at radius 3 is 2.85 bits per heavy atom. The van der Waals surface area contributed by atoms with E-state index < -0.39 is 0 Å². The summed E-state index contributed by atoms with van der Waals surface area (Å²) in [4.78, 5) is 18.0. The number of carbonyl (C=O) groups is 1. The van der Waals surface area contributed by atoms with Crippen molar-refractivity contribution in [2.45, 2.75) is 24.0 Å². The summed E-state index contributed by atoms with van der Waals surface area (Å²) in [5.74, 6) is -0.111. The largest absolute Gasteiger partial charge is 0.301 e. The number of hydrogen-bond acceptors (Lipinski definition) is 4. The summed E-state index contributed by atoms with van der Waals surface area (Å²) >= 11 is 14.8. The lowest BCUT2D eigenvalue weighted by molar-refractivity contribution is -0.115. The van der Waals surface area contributed by atoms with Gasteiger partial charge in [0.15, 0.2) is 5.13 Å². The highest BCUT2D eigenvalue weighted by molar-refractivity contribution is 8.00. The fourth-order valence-electron chi connectivity index (χ4n) is 1.43. The van der Waals surface area contributed by atoms with Crippen LogP contribution in [0.3, 0.4) is 0 Å². The molecule has 20 heavy (non-hydrogen) atoms. The Balaban J connectivity index is 2.02. The number of aryl methyl sites for hydroxylation is 1. The Morgan fingerprint density at radius 1 is 1.45 bits per heavy atom. The predicted molar refractivity (Wildman–Crippen MR) is 87.3 cm³/mol. The van der Waals surface area contributed by atoms with E-state index in [4.69, 9.17) is 23.2 Å². The molecule has 0 aliphatic rings. The van der Waals surface area contributed by atoms with Crippen LogP contribution in [0.2, 0.25) is 10.0 Å². The van der Waals surface area contributed by atoms with E-state index in [9.17, 15) is 4.79 Å². The third-order valence-corrected chi connectivity index (χ3v) is 5.08. The number of anilines is 1. The number of nitrogens with one attached hydrogen (secondary N) is 1. The summed E-state index contributed by atoms with van der Waals surface area (Å²) in [5.41, 5.74) is 0. The number of carbonyl (C=O) groups excluding carboxylic acids is 1. The number of thiazole rings is 1. The van der Waals surface area contributed by atoms with Crippen molar-refractivity contribution < 1.29 is 4.79 Å². The number of halogens is 2. The van der Waals surface area contributed by atoms with Gasteiger partial charge >= 0.3 is 0 Å². The smallest absolute Gasteiger partial charge is 0.239 e. The molecule has 1 N–H and O–H groups in total. The van der Waals surface area contributed by atoms with E-state index >= 15 is 0 Å². The van der Waals surface area contributed by atoms with Crippen LogP contribution < -0.4 is 5.32 Å². The van der Waals surface area contributed by atoms with Gasteiger partial charge < -0.3 is 5.32 Å². The Morgan fingerprint density at radius 2 is 2.20 bits per heavy atom. The van der Waals surface area contributed by atoms with E-state index in [1.165, 1.54) is 23.1 Å². The van der Waals surface area contributed by atoms with Gasteiger partial charge in [0.1, 0.15) is 0 Å². The molecule has 0 saturated carbocycles. The lowest BCUT2D eigenvalue weighted by Gasteiger charge is -2.11.